The van der Waals surface area contributed by atoms with E-state index in [-0.39, 0.29) is 0 Å². The van der Waals surface area contributed by atoms with Gasteiger partial charge in [0.15, 0.2) is 0 Å². The van der Waals surface area contributed by atoms with Gasteiger partial charge in [0.25, 0.3) is 0 Å². The molecular formula is C9H14N4. The second-order valence-electron chi connectivity index (χ2n) is 3.01. The maximum absolute atomic E-state index is 5.39. The summed E-state index contributed by atoms with van der Waals surface area (Å²) in [6.45, 7) is 4.87. The van der Waals surface area contributed by atoms with E-state index >= 15 is 0 Å². The summed E-state index contributed by atoms with van der Waals surface area (Å²) in [4.78, 5) is 0. The maximum Gasteiger partial charge on any atom is 0.149 e. The molecule has 0 atom stereocenters. The summed E-state index contributed by atoms with van der Waals surface area (Å²) in [7, 11) is 0. The van der Waals surface area contributed by atoms with Crippen LogP contribution in [0.5, 0.6) is 0 Å². The molecule has 0 unspecified atom stereocenters. The molecule has 0 saturated carbocycles. The van der Waals surface area contributed by atoms with Gasteiger partial charge in [-0.1, -0.05) is 11.6 Å². The predicted molar refractivity (Wildman–Crippen MR) is 54.4 cm³/mol. The Balaban J connectivity index is 2.46. The molecule has 4 heteroatoms. The van der Waals surface area contributed by atoms with Crippen molar-refractivity contribution in [2.24, 2.45) is 0 Å². The summed E-state index contributed by atoms with van der Waals surface area (Å²) >= 11 is 0. The highest BCUT2D eigenvalue weighted by Crippen LogP contribution is 2.02. The van der Waals surface area contributed by atoms with E-state index in [9.17, 15) is 0 Å². The van der Waals surface area contributed by atoms with Gasteiger partial charge in [0.05, 0.1) is 0 Å². The average molecular weight is 178 g/mol. The number of hydrogen-bond donors (Lipinski definition) is 2. The zero-order valence-electron chi connectivity index (χ0n) is 7.91. The van der Waals surface area contributed by atoms with E-state index in [1.54, 1.807) is 12.1 Å². The molecule has 0 spiro atoms. The number of nitrogens with one attached hydrogen (secondary N) is 1. The van der Waals surface area contributed by atoms with E-state index in [4.69, 9.17) is 5.73 Å². The number of hydrogen-bond acceptors (Lipinski definition) is 4. The average Bonchev–Trinajstić information content (AvgIpc) is 2.08. The first-order valence-electron chi connectivity index (χ1n) is 4.15. The van der Waals surface area contributed by atoms with Crippen molar-refractivity contribution in [1.29, 1.82) is 0 Å². The molecule has 1 rings (SSSR count). The monoisotopic (exact) mass is 178 g/mol. The molecule has 0 bridgehead atoms. The van der Waals surface area contributed by atoms with E-state index in [0.717, 1.165) is 12.4 Å². The number of nitrogens with two attached hydrogens (primary N) is 1. The first kappa shape index (κ1) is 9.51. The van der Waals surface area contributed by atoms with Crippen LogP contribution in [0.4, 0.5) is 11.6 Å². The second kappa shape index (κ2) is 4.45. The summed E-state index contributed by atoms with van der Waals surface area (Å²) in [5.41, 5.74) is 6.66. The zero-order valence-corrected chi connectivity index (χ0v) is 7.91. The van der Waals surface area contributed by atoms with Crippen LogP contribution in [0.2, 0.25) is 0 Å². The summed E-state index contributed by atoms with van der Waals surface area (Å²) in [6, 6.07) is 3.53. The third kappa shape index (κ3) is 3.55. The minimum Gasteiger partial charge on any atom is -0.382 e. The van der Waals surface area contributed by atoms with Gasteiger partial charge in [-0.3, -0.25) is 0 Å². The molecule has 1 aromatic rings. The van der Waals surface area contributed by atoms with Crippen LogP contribution >= 0.6 is 0 Å². The summed E-state index contributed by atoms with van der Waals surface area (Å²) in [6.07, 6.45) is 2.08. The number of rotatable bonds is 3. The van der Waals surface area contributed by atoms with Crippen LogP contribution in [0.3, 0.4) is 0 Å². The highest BCUT2D eigenvalue weighted by Gasteiger charge is 1.91. The van der Waals surface area contributed by atoms with Crippen molar-refractivity contribution >= 4 is 11.6 Å². The molecule has 0 aliphatic carbocycles. The van der Waals surface area contributed by atoms with Crippen LogP contribution in [0.15, 0.2) is 23.8 Å². The smallest absolute Gasteiger partial charge is 0.149 e. The van der Waals surface area contributed by atoms with Gasteiger partial charge in [0.1, 0.15) is 11.6 Å². The molecule has 0 aliphatic heterocycles. The second-order valence-corrected chi connectivity index (χ2v) is 3.01. The topological polar surface area (TPSA) is 63.8 Å². The number of aromatic nitrogens is 2. The summed E-state index contributed by atoms with van der Waals surface area (Å²) in [5.74, 6) is 1.18. The molecule has 3 N–H and O–H groups in total. The molecule has 0 aliphatic rings. The fourth-order valence-corrected chi connectivity index (χ4v) is 0.797. The number of allylic oxidation sites excluding steroid dienone is 1. The summed E-state index contributed by atoms with van der Waals surface area (Å²) in [5, 5.41) is 10.7. The molecule has 0 amide bonds. The SMILES string of the molecule is CC(C)=CCNc1ccc(N)nn1. The standard InChI is InChI=1S/C9H14N4/c1-7(2)5-6-11-9-4-3-8(10)12-13-9/h3-5H,6H2,1-2H3,(H2,10,12)(H,11,13). The highest BCUT2D eigenvalue weighted by atomic mass is 15.2. The van der Waals surface area contributed by atoms with Crippen molar-refractivity contribution in [2.75, 3.05) is 17.6 Å². The maximum atomic E-state index is 5.39. The third-order valence-corrected chi connectivity index (χ3v) is 1.48. The van der Waals surface area contributed by atoms with Gasteiger partial charge in [0.2, 0.25) is 0 Å². The first-order chi connectivity index (χ1) is 6.18. The van der Waals surface area contributed by atoms with E-state index in [2.05, 4.69) is 35.4 Å². The van der Waals surface area contributed by atoms with Crippen LogP contribution in [-0.4, -0.2) is 16.7 Å². The fourth-order valence-electron chi connectivity index (χ4n) is 0.797. The lowest BCUT2D eigenvalue weighted by Gasteiger charge is -2.00. The van der Waals surface area contributed by atoms with Gasteiger partial charge in [-0.05, 0) is 26.0 Å². The molecule has 1 heterocycles. The lowest BCUT2D eigenvalue weighted by molar-refractivity contribution is 1.03. The Bertz CT molecular complexity index is 285. The Morgan fingerprint density at radius 1 is 1.46 bits per heavy atom. The fraction of sp³-hybridized carbons (Fsp3) is 0.333. The Labute approximate surface area is 77.9 Å². The largest absolute Gasteiger partial charge is 0.382 e. The number of nitrogen functional groups attached to an aromatic ring is 1. The third-order valence-electron chi connectivity index (χ3n) is 1.48. The highest BCUT2D eigenvalue weighted by molar-refractivity contribution is 5.38. The lowest BCUT2D eigenvalue weighted by Crippen LogP contribution is -2.03. The van der Waals surface area contributed by atoms with E-state index < -0.39 is 0 Å². The van der Waals surface area contributed by atoms with Crippen LogP contribution in [-0.2, 0) is 0 Å². The van der Waals surface area contributed by atoms with E-state index in [1.807, 2.05) is 0 Å². The first-order valence-corrected chi connectivity index (χ1v) is 4.15. The van der Waals surface area contributed by atoms with Crippen molar-refractivity contribution in [3.05, 3.63) is 23.8 Å². The van der Waals surface area contributed by atoms with Crippen LogP contribution in [0.1, 0.15) is 13.8 Å². The molecule has 0 saturated heterocycles. The van der Waals surface area contributed by atoms with E-state index in [1.165, 1.54) is 5.57 Å². The Morgan fingerprint density at radius 2 is 2.23 bits per heavy atom. The van der Waals surface area contributed by atoms with Crippen LogP contribution in [0.25, 0.3) is 0 Å². The van der Waals surface area contributed by atoms with Gasteiger partial charge < -0.3 is 11.1 Å². The Kier molecular flexibility index (Phi) is 3.25. The van der Waals surface area contributed by atoms with Crippen LogP contribution in [0, 0.1) is 0 Å². The van der Waals surface area contributed by atoms with Gasteiger partial charge in [-0.25, -0.2) is 0 Å². The Morgan fingerprint density at radius 3 is 2.77 bits per heavy atom. The number of nitrogens with zero attached hydrogens (tertiary/aromatic N) is 2. The normalized spacial score (nSPS) is 9.38. The number of anilines is 2. The molecule has 0 radical (unpaired) electrons. The van der Waals surface area contributed by atoms with Crippen molar-refractivity contribution in [1.82, 2.24) is 10.2 Å². The Hall–Kier alpha value is -1.58. The molecule has 0 aromatic carbocycles. The molecule has 0 fully saturated rings. The minimum atomic E-state index is 0.438. The van der Waals surface area contributed by atoms with Gasteiger partial charge in [0, 0.05) is 6.54 Å². The van der Waals surface area contributed by atoms with Crippen molar-refractivity contribution in [3.8, 4) is 0 Å². The minimum absolute atomic E-state index is 0.438. The summed E-state index contributed by atoms with van der Waals surface area (Å²) < 4.78 is 0. The zero-order chi connectivity index (χ0) is 9.68. The molecule has 1 aromatic heterocycles. The molecule has 4 nitrogen and oxygen atoms in total. The van der Waals surface area contributed by atoms with Gasteiger partial charge in [-0.15, -0.1) is 10.2 Å². The van der Waals surface area contributed by atoms with Gasteiger partial charge in [-0.2, -0.15) is 0 Å². The van der Waals surface area contributed by atoms with Crippen molar-refractivity contribution in [2.45, 2.75) is 13.8 Å². The van der Waals surface area contributed by atoms with Gasteiger partial charge >= 0.3 is 0 Å². The lowest BCUT2D eigenvalue weighted by atomic mass is 10.3. The molecular weight excluding hydrogens is 164 g/mol. The van der Waals surface area contributed by atoms with E-state index in [0.29, 0.717) is 5.82 Å². The van der Waals surface area contributed by atoms with Crippen LogP contribution < -0.4 is 11.1 Å². The quantitative estimate of drug-likeness (QED) is 0.687. The van der Waals surface area contributed by atoms with Crippen molar-refractivity contribution in [3.63, 3.8) is 0 Å². The molecule has 70 valence electrons. The van der Waals surface area contributed by atoms with Crippen molar-refractivity contribution < 1.29 is 0 Å². The predicted octanol–water partition coefficient (Wildman–Crippen LogP) is 1.44. The molecule has 13 heavy (non-hydrogen) atoms.